The Morgan fingerprint density at radius 1 is 1.38 bits per heavy atom. The number of halogens is 1. The van der Waals surface area contributed by atoms with Crippen LogP contribution < -0.4 is 5.32 Å². The van der Waals surface area contributed by atoms with E-state index in [1.807, 2.05) is 0 Å². The van der Waals surface area contributed by atoms with Crippen LogP contribution >= 0.6 is 11.6 Å². The average Bonchev–Trinajstić information content (AvgIpc) is 2.28. The molecule has 0 saturated heterocycles. The van der Waals surface area contributed by atoms with E-state index in [4.69, 9.17) is 16.7 Å². The van der Waals surface area contributed by atoms with E-state index in [1.165, 1.54) is 0 Å². The van der Waals surface area contributed by atoms with Gasteiger partial charge in [0.15, 0.2) is 0 Å². The minimum Gasteiger partial charge on any atom is -0.384 e. The number of rotatable bonds is 3. The van der Waals surface area contributed by atoms with E-state index < -0.39 is 0 Å². The Labute approximate surface area is 99.4 Å². The largest absolute Gasteiger partial charge is 0.384 e. The van der Waals surface area contributed by atoms with Gasteiger partial charge in [-0.15, -0.1) is 11.6 Å². The summed E-state index contributed by atoms with van der Waals surface area (Å²) in [4.78, 5) is 11.2. The third-order valence-electron chi connectivity index (χ3n) is 1.80. The number of hydrogen-bond donors (Lipinski definition) is 2. The summed E-state index contributed by atoms with van der Waals surface area (Å²) in [6.45, 7) is -0.159. The van der Waals surface area contributed by atoms with Crippen LogP contribution in [0.4, 0.5) is 5.69 Å². The maximum Gasteiger partial charge on any atom is 0.225 e. The molecule has 0 heterocycles. The number of hydrogen-bond acceptors (Lipinski definition) is 2. The van der Waals surface area contributed by atoms with Crippen LogP contribution in [0.2, 0.25) is 0 Å². The highest BCUT2D eigenvalue weighted by atomic mass is 35.5. The number of anilines is 1. The third-order valence-corrected chi connectivity index (χ3v) is 1.99. The van der Waals surface area contributed by atoms with Crippen LogP contribution in [0.1, 0.15) is 12.0 Å². The first kappa shape index (κ1) is 12.6. The van der Waals surface area contributed by atoms with Crippen molar-refractivity contribution in [1.29, 1.82) is 0 Å². The monoisotopic (exact) mass is 237 g/mol. The normalized spacial score (nSPS) is 9.12. The second-order valence-corrected chi connectivity index (χ2v) is 3.40. The Morgan fingerprint density at radius 2 is 2.06 bits per heavy atom. The molecule has 3 nitrogen and oxygen atoms in total. The standard InChI is InChI=1S/C12H12ClNO2/c13-8-7-12(16)14-11-5-3-10(4-6-11)2-1-9-15/h3-6,15H,7-9H2,(H,14,16). The second-order valence-electron chi connectivity index (χ2n) is 3.02. The van der Waals surface area contributed by atoms with Crippen LogP contribution in [0.25, 0.3) is 0 Å². The molecule has 0 radical (unpaired) electrons. The van der Waals surface area contributed by atoms with E-state index in [0.717, 1.165) is 5.56 Å². The van der Waals surface area contributed by atoms with Gasteiger partial charge in [0.25, 0.3) is 0 Å². The number of nitrogens with one attached hydrogen (secondary N) is 1. The molecule has 0 bridgehead atoms. The molecule has 0 saturated carbocycles. The summed E-state index contributed by atoms with van der Waals surface area (Å²) in [5.74, 6) is 5.52. The molecule has 0 aromatic heterocycles. The van der Waals surface area contributed by atoms with Gasteiger partial charge in [0.2, 0.25) is 5.91 Å². The minimum atomic E-state index is -0.159. The fraction of sp³-hybridized carbons (Fsp3) is 0.250. The number of carbonyl (C=O) groups is 1. The quantitative estimate of drug-likeness (QED) is 0.620. The Bertz CT molecular complexity index is 403. The smallest absolute Gasteiger partial charge is 0.225 e. The van der Waals surface area contributed by atoms with Gasteiger partial charge in [-0.2, -0.15) is 0 Å². The predicted octanol–water partition coefficient (Wildman–Crippen LogP) is 1.60. The predicted molar refractivity (Wildman–Crippen MR) is 64.4 cm³/mol. The van der Waals surface area contributed by atoms with Gasteiger partial charge in [-0.25, -0.2) is 0 Å². The van der Waals surface area contributed by atoms with Crippen LogP contribution in [0.15, 0.2) is 24.3 Å². The Morgan fingerprint density at radius 3 is 2.62 bits per heavy atom. The fourth-order valence-corrected chi connectivity index (χ4v) is 1.26. The summed E-state index contributed by atoms with van der Waals surface area (Å²) in [7, 11) is 0. The summed E-state index contributed by atoms with van der Waals surface area (Å²) in [6, 6.07) is 7.07. The van der Waals surface area contributed by atoms with Gasteiger partial charge in [-0.3, -0.25) is 4.79 Å². The summed E-state index contributed by atoms with van der Waals surface area (Å²) >= 11 is 5.44. The van der Waals surface area contributed by atoms with Gasteiger partial charge in [0, 0.05) is 23.6 Å². The molecule has 1 amide bonds. The molecule has 1 aromatic rings. The molecule has 84 valence electrons. The van der Waals surface area contributed by atoms with Crippen molar-refractivity contribution in [3.05, 3.63) is 29.8 Å². The van der Waals surface area contributed by atoms with Crippen LogP contribution in [-0.4, -0.2) is 23.5 Å². The number of benzene rings is 1. The van der Waals surface area contributed by atoms with E-state index in [2.05, 4.69) is 17.2 Å². The van der Waals surface area contributed by atoms with Crippen molar-refractivity contribution < 1.29 is 9.90 Å². The molecule has 0 unspecified atom stereocenters. The van der Waals surface area contributed by atoms with Crippen molar-refractivity contribution in [3.63, 3.8) is 0 Å². The lowest BCUT2D eigenvalue weighted by Gasteiger charge is -2.03. The molecular formula is C12H12ClNO2. The molecule has 0 aliphatic rings. The van der Waals surface area contributed by atoms with Gasteiger partial charge in [0.1, 0.15) is 6.61 Å². The first-order valence-electron chi connectivity index (χ1n) is 4.82. The van der Waals surface area contributed by atoms with Crippen LogP contribution in [0.3, 0.4) is 0 Å². The molecular weight excluding hydrogens is 226 g/mol. The number of amides is 1. The van der Waals surface area contributed by atoms with E-state index in [9.17, 15) is 4.79 Å². The molecule has 1 rings (SSSR count). The van der Waals surface area contributed by atoms with Crippen LogP contribution in [-0.2, 0) is 4.79 Å². The average molecular weight is 238 g/mol. The summed E-state index contributed by atoms with van der Waals surface area (Å²) in [5.41, 5.74) is 1.51. The SMILES string of the molecule is O=C(CCCl)Nc1ccc(C#CCO)cc1. The van der Waals surface area contributed by atoms with E-state index in [0.29, 0.717) is 18.0 Å². The zero-order valence-electron chi connectivity index (χ0n) is 8.66. The summed E-state index contributed by atoms with van der Waals surface area (Å²) < 4.78 is 0. The van der Waals surface area contributed by atoms with Crippen LogP contribution in [0, 0.1) is 11.8 Å². The molecule has 4 heteroatoms. The molecule has 0 spiro atoms. The van der Waals surface area contributed by atoms with Gasteiger partial charge in [-0.05, 0) is 24.3 Å². The highest BCUT2D eigenvalue weighted by molar-refractivity contribution is 6.19. The molecule has 1 aromatic carbocycles. The van der Waals surface area contributed by atoms with Gasteiger partial charge in [-0.1, -0.05) is 11.8 Å². The van der Waals surface area contributed by atoms with E-state index in [1.54, 1.807) is 24.3 Å². The van der Waals surface area contributed by atoms with Crippen molar-refractivity contribution in [2.24, 2.45) is 0 Å². The second kappa shape index (κ2) is 6.89. The molecule has 0 fully saturated rings. The third kappa shape index (κ3) is 4.35. The Balaban J connectivity index is 2.61. The van der Waals surface area contributed by atoms with E-state index >= 15 is 0 Å². The van der Waals surface area contributed by atoms with Crippen molar-refractivity contribution >= 4 is 23.2 Å². The Hall–Kier alpha value is -1.50. The molecule has 2 N–H and O–H groups in total. The number of aliphatic hydroxyl groups excluding tert-OH is 1. The lowest BCUT2D eigenvalue weighted by molar-refractivity contribution is -0.115. The molecule has 0 atom stereocenters. The zero-order chi connectivity index (χ0) is 11.8. The highest BCUT2D eigenvalue weighted by Crippen LogP contribution is 2.09. The maximum atomic E-state index is 11.2. The van der Waals surface area contributed by atoms with Crippen molar-refractivity contribution in [1.82, 2.24) is 0 Å². The fourth-order valence-electron chi connectivity index (χ4n) is 1.09. The molecule has 0 aliphatic carbocycles. The Kier molecular flexibility index (Phi) is 5.41. The topological polar surface area (TPSA) is 49.3 Å². The summed E-state index contributed by atoms with van der Waals surface area (Å²) in [5, 5.41) is 11.2. The number of aliphatic hydroxyl groups is 1. The first-order valence-corrected chi connectivity index (χ1v) is 5.35. The number of alkyl halides is 1. The van der Waals surface area contributed by atoms with Gasteiger partial charge < -0.3 is 10.4 Å². The first-order chi connectivity index (χ1) is 7.76. The zero-order valence-corrected chi connectivity index (χ0v) is 9.42. The van der Waals surface area contributed by atoms with Crippen molar-refractivity contribution in [2.75, 3.05) is 17.8 Å². The van der Waals surface area contributed by atoms with E-state index in [-0.39, 0.29) is 12.5 Å². The van der Waals surface area contributed by atoms with Crippen LogP contribution in [0.5, 0.6) is 0 Å². The highest BCUT2D eigenvalue weighted by Gasteiger charge is 2.00. The maximum absolute atomic E-state index is 11.2. The van der Waals surface area contributed by atoms with Gasteiger partial charge in [0.05, 0.1) is 0 Å². The minimum absolute atomic E-state index is 0.107. The van der Waals surface area contributed by atoms with Gasteiger partial charge >= 0.3 is 0 Å². The summed E-state index contributed by atoms with van der Waals surface area (Å²) in [6.07, 6.45) is 0.299. The molecule has 16 heavy (non-hydrogen) atoms. The van der Waals surface area contributed by atoms with Crippen molar-refractivity contribution in [3.8, 4) is 11.8 Å². The van der Waals surface area contributed by atoms with Crippen molar-refractivity contribution in [2.45, 2.75) is 6.42 Å². The lowest BCUT2D eigenvalue weighted by Crippen LogP contribution is -2.11. The number of carbonyl (C=O) groups excluding carboxylic acids is 1. The molecule has 0 aliphatic heterocycles. The lowest BCUT2D eigenvalue weighted by atomic mass is 10.2.